The normalized spacial score (nSPS) is 11.2. The maximum Gasteiger partial charge on any atom is 1.00 e. The van der Waals surface area contributed by atoms with Gasteiger partial charge in [-0.3, -0.25) is 4.79 Å². The smallest absolute Gasteiger partial charge is 0.496 e. The summed E-state index contributed by atoms with van der Waals surface area (Å²) in [5.74, 6) is 4.44. The summed E-state index contributed by atoms with van der Waals surface area (Å²) in [6, 6.07) is 9.13. The van der Waals surface area contributed by atoms with Crippen molar-refractivity contribution in [3.63, 3.8) is 0 Å². The zero-order valence-electron chi connectivity index (χ0n) is 24.8. The van der Waals surface area contributed by atoms with Crippen LogP contribution in [-0.2, 0) is 0 Å². The minimum absolute atomic E-state index is 0. The second-order valence-corrected chi connectivity index (χ2v) is 11.6. The molecule has 0 saturated heterocycles. The number of carbonyl (C=O) groups is 1. The quantitative estimate of drug-likeness (QED) is 0.223. The van der Waals surface area contributed by atoms with E-state index in [1.807, 2.05) is 18.2 Å². The van der Waals surface area contributed by atoms with Gasteiger partial charge < -0.3 is 23.7 Å². The second kappa shape index (κ2) is 17.7. The van der Waals surface area contributed by atoms with Gasteiger partial charge in [0.05, 0.1) is 39.3 Å². The van der Waals surface area contributed by atoms with E-state index in [-0.39, 0.29) is 33.0 Å². The first-order chi connectivity index (χ1) is 17.7. The Labute approximate surface area is 243 Å². The van der Waals surface area contributed by atoms with Crippen LogP contribution < -0.4 is 47.8 Å². The number of carbonyl (C=O) groups excluding carboxylic acids is 1. The van der Waals surface area contributed by atoms with E-state index in [1.54, 1.807) is 26.4 Å². The van der Waals surface area contributed by atoms with Gasteiger partial charge in [-0.25, -0.2) is 0 Å². The summed E-state index contributed by atoms with van der Waals surface area (Å²) in [7, 11) is 2.86. The van der Waals surface area contributed by atoms with Crippen LogP contribution in [0.3, 0.4) is 0 Å². The van der Waals surface area contributed by atoms with Crippen molar-refractivity contribution in [1.82, 2.24) is 0 Å². The van der Waals surface area contributed by atoms with Crippen molar-refractivity contribution >= 4 is 19.4 Å². The molecule has 1 atom stereocenters. The summed E-state index contributed by atoms with van der Waals surface area (Å²) in [5.41, 5.74) is 0.314. The molecule has 6 nitrogen and oxygen atoms in total. The van der Waals surface area contributed by atoms with Gasteiger partial charge in [0.25, 0.3) is 0 Å². The number of rotatable bonds is 17. The molecule has 2 aromatic carbocycles. The summed E-state index contributed by atoms with van der Waals surface area (Å²) in [6.07, 6.45) is 2.75. The molecule has 0 spiro atoms. The van der Waals surface area contributed by atoms with Crippen LogP contribution in [0.1, 0.15) is 71.2 Å². The molecule has 0 saturated carbocycles. The molecule has 0 bridgehead atoms. The van der Waals surface area contributed by atoms with E-state index in [0.717, 1.165) is 24.6 Å². The van der Waals surface area contributed by atoms with Gasteiger partial charge in [0.1, 0.15) is 34.3 Å². The van der Waals surface area contributed by atoms with E-state index in [2.05, 4.69) is 41.5 Å². The first kappa shape index (κ1) is 34.2. The van der Waals surface area contributed by atoms with Crippen LogP contribution in [0.2, 0.25) is 0 Å². The average molecular weight is 540 g/mol. The molecule has 2 aromatic rings. The third-order valence-corrected chi connectivity index (χ3v) is 7.02. The Kier molecular flexibility index (Phi) is 15.9. The molecular formula is C30H45LiO6P+. The van der Waals surface area contributed by atoms with E-state index < -0.39 is 0 Å². The fourth-order valence-electron chi connectivity index (χ4n) is 3.47. The molecule has 0 heterocycles. The predicted octanol–water partition coefficient (Wildman–Crippen LogP) is 4.13. The zero-order valence-corrected chi connectivity index (χ0v) is 25.8. The molecule has 2 rings (SSSR count). The van der Waals surface area contributed by atoms with Crippen LogP contribution >= 0.6 is 8.58 Å². The Morgan fingerprint density at radius 1 is 0.711 bits per heavy atom. The third-order valence-electron chi connectivity index (χ3n) is 5.80. The van der Waals surface area contributed by atoms with Gasteiger partial charge in [-0.05, 0) is 57.7 Å². The van der Waals surface area contributed by atoms with Gasteiger partial charge in [-0.1, -0.05) is 47.6 Å². The minimum atomic E-state index is -0.246. The van der Waals surface area contributed by atoms with E-state index >= 15 is 0 Å². The van der Waals surface area contributed by atoms with E-state index in [4.69, 9.17) is 23.7 Å². The summed E-state index contributed by atoms with van der Waals surface area (Å²) in [6.45, 7) is 14.7. The Morgan fingerprint density at radius 3 is 1.53 bits per heavy atom. The monoisotopic (exact) mass is 539 g/mol. The molecule has 1 unspecified atom stereocenters. The molecule has 0 aliphatic rings. The molecule has 206 valence electrons. The van der Waals surface area contributed by atoms with E-state index in [1.165, 1.54) is 0 Å². The zero-order chi connectivity index (χ0) is 27.4. The van der Waals surface area contributed by atoms with E-state index in [9.17, 15) is 4.79 Å². The number of ether oxygens (including phenoxy) is 5. The molecule has 0 fully saturated rings. The molecule has 0 radical (unpaired) electrons. The topological polar surface area (TPSA) is 63.2 Å². The Hall–Kier alpha value is -1.86. The van der Waals surface area contributed by atoms with Crippen LogP contribution in [0.5, 0.6) is 28.7 Å². The molecule has 0 amide bonds. The largest absolute Gasteiger partial charge is 1.00 e. The van der Waals surface area contributed by atoms with Crippen molar-refractivity contribution in [2.75, 3.05) is 34.0 Å². The van der Waals surface area contributed by atoms with Gasteiger partial charge in [0.15, 0.2) is 5.52 Å². The van der Waals surface area contributed by atoms with Crippen molar-refractivity contribution in [2.24, 2.45) is 17.8 Å². The van der Waals surface area contributed by atoms with Gasteiger partial charge in [-0.15, -0.1) is 0 Å². The number of methoxy groups -OCH3 is 2. The summed E-state index contributed by atoms with van der Waals surface area (Å²) in [5, 5.41) is 0.738. The van der Waals surface area contributed by atoms with Crippen LogP contribution in [-0.4, -0.2) is 39.6 Å². The van der Waals surface area contributed by atoms with Crippen LogP contribution in [0.4, 0.5) is 0 Å². The van der Waals surface area contributed by atoms with Gasteiger partial charge in [0.2, 0.25) is 0 Å². The van der Waals surface area contributed by atoms with Crippen LogP contribution in [0.25, 0.3) is 0 Å². The number of benzene rings is 2. The Balaban J connectivity index is 0.00000722. The van der Waals surface area contributed by atoms with Crippen LogP contribution in [0, 0.1) is 17.8 Å². The van der Waals surface area contributed by atoms with Crippen molar-refractivity contribution in [3.8, 4) is 28.7 Å². The van der Waals surface area contributed by atoms with Gasteiger partial charge >= 0.3 is 18.9 Å². The van der Waals surface area contributed by atoms with Gasteiger partial charge in [0, 0.05) is 12.1 Å². The molecule has 0 aromatic heterocycles. The minimum Gasteiger partial charge on any atom is -0.496 e. The van der Waals surface area contributed by atoms with Gasteiger partial charge in [-0.2, -0.15) is 0 Å². The molecule has 0 N–H and O–H groups in total. The standard InChI is InChI=1S/C30H45O6P.Li/c1-20(2)12-15-34-23-18-26(35-16-13-21(3)4)29(27(19-23)36-17-14-22(5)6)37-30(31)28-24(32-7)10-9-11-25(28)33-8;/h9-11,18-22,37H,12-17H2,1-8H3;/q;+1. The van der Waals surface area contributed by atoms with Crippen molar-refractivity contribution in [1.29, 1.82) is 0 Å². The first-order valence-electron chi connectivity index (χ1n) is 13.2. The van der Waals surface area contributed by atoms with Crippen molar-refractivity contribution < 1.29 is 47.3 Å². The summed E-state index contributed by atoms with van der Waals surface area (Å²) >= 11 is 0. The van der Waals surface area contributed by atoms with Crippen molar-refractivity contribution in [2.45, 2.75) is 60.8 Å². The Bertz CT molecular complexity index is 935. The summed E-state index contributed by atoms with van der Waals surface area (Å²) < 4.78 is 29.6. The van der Waals surface area contributed by atoms with Crippen molar-refractivity contribution in [3.05, 3.63) is 35.9 Å². The third kappa shape index (κ3) is 11.1. The molecular weight excluding hydrogens is 494 g/mol. The molecule has 0 aliphatic carbocycles. The maximum absolute atomic E-state index is 13.7. The molecule has 8 heteroatoms. The second-order valence-electron chi connectivity index (χ2n) is 10.4. The number of hydrogen-bond donors (Lipinski definition) is 0. The SMILES string of the molecule is COc1cccc(OC)c1C(=O)Pc1c(OCCC(C)C)cc(OCCC(C)C)cc1OCCC(C)C.[Li+]. The maximum atomic E-state index is 13.7. The fraction of sp³-hybridized carbons (Fsp3) is 0.567. The Morgan fingerprint density at radius 2 is 1.13 bits per heavy atom. The average Bonchev–Trinajstić information content (AvgIpc) is 2.84. The predicted molar refractivity (Wildman–Crippen MR) is 153 cm³/mol. The first-order valence-corrected chi connectivity index (χ1v) is 14.2. The van der Waals surface area contributed by atoms with E-state index in [0.29, 0.717) is 71.9 Å². The molecule has 38 heavy (non-hydrogen) atoms. The fourth-order valence-corrected chi connectivity index (χ4v) is 4.61. The molecule has 0 aliphatic heterocycles. The summed E-state index contributed by atoms with van der Waals surface area (Å²) in [4.78, 5) is 13.7. The van der Waals surface area contributed by atoms with Crippen LogP contribution in [0.15, 0.2) is 30.3 Å². The number of hydrogen-bond acceptors (Lipinski definition) is 6.